The molecule has 0 spiro atoms. The largest absolute Gasteiger partial charge is 0.394 e. The number of carbonyl (C=O) groups is 1. The molecule has 73 heavy (non-hydrogen) atoms. The van der Waals surface area contributed by atoms with E-state index in [1.807, 2.05) is 0 Å². The van der Waals surface area contributed by atoms with Gasteiger partial charge in [-0.25, -0.2) is 0 Å². The number of amides is 1. The Morgan fingerprint density at radius 1 is 0.411 bits per heavy atom. The maximum Gasteiger partial charge on any atom is 0.220 e. The molecule has 6 N–H and O–H groups in total. The van der Waals surface area contributed by atoms with Gasteiger partial charge in [-0.05, 0) is 12.8 Å². The Morgan fingerprint density at radius 3 is 0.973 bits per heavy atom. The maximum atomic E-state index is 13.1. The molecule has 0 radical (unpaired) electrons. The molecular weight excluding hydrogens is 911 g/mol. The minimum atomic E-state index is -1.55. The molecule has 0 saturated carbocycles. The molecule has 7 unspecified atom stereocenters. The highest BCUT2D eigenvalue weighted by molar-refractivity contribution is 5.76. The summed E-state index contributed by atoms with van der Waals surface area (Å²) in [5.41, 5.74) is 0. The first-order valence-electron chi connectivity index (χ1n) is 32.7. The van der Waals surface area contributed by atoms with Gasteiger partial charge in [0.15, 0.2) is 6.29 Å². The molecule has 1 heterocycles. The highest BCUT2D eigenvalue weighted by Gasteiger charge is 2.44. The number of hydrogen-bond donors (Lipinski definition) is 6. The lowest BCUT2D eigenvalue weighted by molar-refractivity contribution is -0.302. The fourth-order valence-corrected chi connectivity index (χ4v) is 11.0. The first kappa shape index (κ1) is 70.2. The highest BCUT2D eigenvalue weighted by atomic mass is 16.7. The van der Waals surface area contributed by atoms with Crippen LogP contribution in [0.25, 0.3) is 0 Å². The summed E-state index contributed by atoms with van der Waals surface area (Å²) in [5.74, 6) is -0.136. The average Bonchev–Trinajstić information content (AvgIpc) is 3.39. The highest BCUT2D eigenvalue weighted by Crippen LogP contribution is 2.24. The van der Waals surface area contributed by atoms with Crippen molar-refractivity contribution in [3.63, 3.8) is 0 Å². The standard InChI is InChI=1S/C64H127NO8/c1-3-5-7-9-11-13-15-17-19-21-22-23-24-25-26-27-28-29-30-31-32-33-34-35-36-38-39-41-43-45-47-49-51-53-58(67)57(56-72-64-63(71)62(70)61(69)59(55-66)73-64)65-60(68)54-52-50-48-46-44-42-40-37-20-18-16-14-12-10-8-6-4-2/h57-59,61-64,66-67,69-71H,3-56H2,1-2H3,(H,65,68). The van der Waals surface area contributed by atoms with E-state index in [0.29, 0.717) is 12.8 Å². The molecule has 9 nitrogen and oxygen atoms in total. The average molecular weight is 1040 g/mol. The summed E-state index contributed by atoms with van der Waals surface area (Å²) in [4.78, 5) is 13.1. The van der Waals surface area contributed by atoms with Gasteiger partial charge in [0.2, 0.25) is 5.91 Å². The molecule has 0 aromatic rings. The fraction of sp³-hybridized carbons (Fsp3) is 0.984. The van der Waals surface area contributed by atoms with E-state index in [0.717, 1.165) is 38.5 Å². The molecule has 0 bridgehead atoms. The SMILES string of the molecule is CCCCCCCCCCCCCCCCCCCCCCCCCCCCCCCCCCCC(O)C(COC1OC(CO)C(O)C(O)C1O)NC(=O)CCCCCCCCCCCCCCCCCCC. The second-order valence-corrected chi connectivity index (χ2v) is 23.3. The third-order valence-electron chi connectivity index (χ3n) is 16.2. The molecule has 0 aliphatic carbocycles. The van der Waals surface area contributed by atoms with Gasteiger partial charge in [-0.1, -0.05) is 328 Å². The van der Waals surface area contributed by atoms with Crippen molar-refractivity contribution in [1.29, 1.82) is 0 Å². The summed E-state index contributed by atoms with van der Waals surface area (Å²) in [7, 11) is 0. The monoisotopic (exact) mass is 1040 g/mol. The summed E-state index contributed by atoms with van der Waals surface area (Å²) in [6.45, 7) is 3.89. The van der Waals surface area contributed by atoms with Gasteiger partial charge >= 0.3 is 0 Å². The van der Waals surface area contributed by atoms with Crippen LogP contribution in [0.3, 0.4) is 0 Å². The summed E-state index contributed by atoms with van der Waals surface area (Å²) in [5, 5.41) is 54.8. The molecule has 1 aliphatic heterocycles. The van der Waals surface area contributed by atoms with Crippen molar-refractivity contribution in [1.82, 2.24) is 5.32 Å². The van der Waals surface area contributed by atoms with Gasteiger partial charge in [-0.15, -0.1) is 0 Å². The fourth-order valence-electron chi connectivity index (χ4n) is 11.0. The van der Waals surface area contributed by atoms with Crippen LogP contribution < -0.4 is 5.32 Å². The minimum Gasteiger partial charge on any atom is -0.394 e. The number of rotatable bonds is 58. The third-order valence-corrected chi connectivity index (χ3v) is 16.2. The molecule has 1 amide bonds. The van der Waals surface area contributed by atoms with E-state index in [2.05, 4.69) is 19.2 Å². The Bertz CT molecular complexity index is 1110. The van der Waals surface area contributed by atoms with Crippen LogP contribution in [-0.4, -0.2) is 87.5 Å². The zero-order chi connectivity index (χ0) is 52.9. The minimum absolute atomic E-state index is 0.131. The number of carbonyl (C=O) groups excluding carboxylic acids is 1. The van der Waals surface area contributed by atoms with Crippen molar-refractivity contribution < 1.29 is 39.8 Å². The predicted molar refractivity (Wildman–Crippen MR) is 309 cm³/mol. The lowest BCUT2D eigenvalue weighted by Gasteiger charge is -2.40. The van der Waals surface area contributed by atoms with Crippen LogP contribution in [0.15, 0.2) is 0 Å². The second kappa shape index (κ2) is 54.5. The van der Waals surface area contributed by atoms with Gasteiger partial charge < -0.3 is 40.3 Å². The first-order chi connectivity index (χ1) is 35.8. The van der Waals surface area contributed by atoms with Crippen molar-refractivity contribution in [2.24, 2.45) is 0 Å². The quantitative estimate of drug-likeness (QED) is 0.0330. The maximum absolute atomic E-state index is 13.1. The van der Waals surface area contributed by atoms with Crippen molar-refractivity contribution in [2.75, 3.05) is 13.2 Å². The number of nitrogens with one attached hydrogen (secondary N) is 1. The van der Waals surface area contributed by atoms with E-state index in [1.54, 1.807) is 0 Å². The molecule has 1 aliphatic rings. The third kappa shape index (κ3) is 43.8. The second-order valence-electron chi connectivity index (χ2n) is 23.3. The molecule has 1 rings (SSSR count). The van der Waals surface area contributed by atoms with Crippen LogP contribution in [0.5, 0.6) is 0 Å². The smallest absolute Gasteiger partial charge is 0.220 e. The lowest BCUT2D eigenvalue weighted by atomic mass is 9.99. The van der Waals surface area contributed by atoms with Gasteiger partial charge in [-0.3, -0.25) is 4.79 Å². The molecular formula is C64H127NO8. The number of ether oxygens (including phenoxy) is 2. The van der Waals surface area contributed by atoms with E-state index in [-0.39, 0.29) is 12.5 Å². The lowest BCUT2D eigenvalue weighted by Crippen LogP contribution is -2.60. The van der Waals surface area contributed by atoms with Crippen LogP contribution >= 0.6 is 0 Å². The van der Waals surface area contributed by atoms with Crippen LogP contribution in [0.2, 0.25) is 0 Å². The van der Waals surface area contributed by atoms with Crippen LogP contribution in [0.1, 0.15) is 348 Å². The summed E-state index contributed by atoms with van der Waals surface area (Å²) in [6.07, 6.45) is 60.2. The molecule has 1 fully saturated rings. The van der Waals surface area contributed by atoms with Gasteiger partial charge in [0.1, 0.15) is 24.4 Å². The molecule has 0 aromatic carbocycles. The summed E-state index contributed by atoms with van der Waals surface area (Å²) >= 11 is 0. The summed E-state index contributed by atoms with van der Waals surface area (Å²) in [6, 6.07) is -0.714. The van der Waals surface area contributed by atoms with Crippen LogP contribution in [0, 0.1) is 0 Å². The van der Waals surface area contributed by atoms with Gasteiger partial charge in [-0.2, -0.15) is 0 Å². The van der Waals surface area contributed by atoms with Crippen LogP contribution in [-0.2, 0) is 14.3 Å². The Labute approximate surface area is 453 Å². The molecule has 436 valence electrons. The molecule has 0 aromatic heterocycles. The first-order valence-corrected chi connectivity index (χ1v) is 32.7. The Morgan fingerprint density at radius 2 is 0.685 bits per heavy atom. The topological polar surface area (TPSA) is 149 Å². The van der Waals surface area contributed by atoms with Crippen molar-refractivity contribution in [3.05, 3.63) is 0 Å². The van der Waals surface area contributed by atoms with Crippen LogP contribution in [0.4, 0.5) is 0 Å². The zero-order valence-electron chi connectivity index (χ0n) is 48.7. The molecule has 7 atom stereocenters. The Kier molecular flexibility index (Phi) is 52.5. The Hall–Kier alpha value is -0.810. The number of hydrogen-bond acceptors (Lipinski definition) is 8. The number of unbranched alkanes of at least 4 members (excludes halogenated alkanes) is 48. The molecule has 1 saturated heterocycles. The van der Waals surface area contributed by atoms with Crippen molar-refractivity contribution in [3.8, 4) is 0 Å². The number of aliphatic hydroxyl groups excluding tert-OH is 5. The van der Waals surface area contributed by atoms with E-state index in [4.69, 9.17) is 9.47 Å². The molecule has 9 heteroatoms. The van der Waals surface area contributed by atoms with Gasteiger partial charge in [0, 0.05) is 6.42 Å². The normalized spacial score (nSPS) is 18.9. The van der Waals surface area contributed by atoms with E-state index < -0.39 is 49.5 Å². The Balaban J connectivity index is 2.08. The van der Waals surface area contributed by atoms with E-state index in [9.17, 15) is 30.3 Å². The van der Waals surface area contributed by atoms with Gasteiger partial charge in [0.05, 0.1) is 25.4 Å². The van der Waals surface area contributed by atoms with Crippen molar-refractivity contribution in [2.45, 2.75) is 391 Å². The zero-order valence-corrected chi connectivity index (χ0v) is 48.7. The number of aliphatic hydroxyl groups is 5. The van der Waals surface area contributed by atoms with Crippen molar-refractivity contribution >= 4 is 5.91 Å². The van der Waals surface area contributed by atoms with E-state index in [1.165, 1.54) is 283 Å². The van der Waals surface area contributed by atoms with E-state index >= 15 is 0 Å². The van der Waals surface area contributed by atoms with Gasteiger partial charge in [0.25, 0.3) is 0 Å². The summed E-state index contributed by atoms with van der Waals surface area (Å²) < 4.78 is 11.3. The predicted octanol–water partition coefficient (Wildman–Crippen LogP) is 17.0.